The van der Waals surface area contributed by atoms with Crippen molar-refractivity contribution in [1.29, 1.82) is 0 Å². The number of esters is 1. The Kier molecular flexibility index (Phi) is 6.75. The first-order valence-corrected chi connectivity index (χ1v) is 9.66. The first kappa shape index (κ1) is 22.1. The first-order chi connectivity index (χ1) is 14.7. The van der Waals surface area contributed by atoms with Gasteiger partial charge in [-0.3, -0.25) is 4.79 Å². The van der Waals surface area contributed by atoms with Gasteiger partial charge in [0.25, 0.3) is 0 Å². The number of ether oxygens (including phenoxy) is 2. The molecule has 0 fully saturated rings. The van der Waals surface area contributed by atoms with Crippen LogP contribution < -0.4 is 15.4 Å². The number of rotatable bonds is 7. The number of hydrogen-bond donors (Lipinski definition) is 2. The van der Waals surface area contributed by atoms with Crippen molar-refractivity contribution in [3.63, 3.8) is 0 Å². The van der Waals surface area contributed by atoms with E-state index in [0.29, 0.717) is 22.2 Å². The number of carbonyl (C=O) groups is 2. The normalized spacial score (nSPS) is 11.0. The minimum Gasteiger partial charge on any atom is -0.465 e. The van der Waals surface area contributed by atoms with Gasteiger partial charge in [-0.25, -0.2) is 9.78 Å². The Hall–Kier alpha value is -3.60. The standard InChI is InChI=1S/C20H16F3N3O4S/c1-29-18(28)15-4-2-3-5-16(15)26-17(27)10-13-11-31-19(25-13)24-12-6-8-14(9-7-12)30-20(21,22)23/h2-9,11H,10H2,1H3,(H,24,25)(H,26,27). The van der Waals surface area contributed by atoms with Gasteiger partial charge in [-0.15, -0.1) is 24.5 Å². The molecule has 162 valence electrons. The van der Waals surface area contributed by atoms with Crippen LogP contribution in [0.2, 0.25) is 0 Å². The maximum atomic E-state index is 12.3. The molecular weight excluding hydrogens is 435 g/mol. The first-order valence-electron chi connectivity index (χ1n) is 8.78. The Balaban J connectivity index is 1.59. The highest BCUT2D eigenvalue weighted by atomic mass is 32.1. The molecular formula is C20H16F3N3O4S. The maximum absolute atomic E-state index is 12.3. The van der Waals surface area contributed by atoms with E-state index in [0.717, 1.165) is 0 Å². The van der Waals surface area contributed by atoms with E-state index in [2.05, 4.69) is 20.4 Å². The minimum absolute atomic E-state index is 0.0357. The summed E-state index contributed by atoms with van der Waals surface area (Å²) >= 11 is 1.23. The molecule has 0 saturated heterocycles. The summed E-state index contributed by atoms with van der Waals surface area (Å²) in [5.74, 6) is -1.27. The molecule has 0 spiro atoms. The van der Waals surface area contributed by atoms with Crippen LogP contribution in [-0.2, 0) is 16.0 Å². The molecule has 2 aromatic carbocycles. The van der Waals surface area contributed by atoms with Gasteiger partial charge in [-0.1, -0.05) is 12.1 Å². The van der Waals surface area contributed by atoms with E-state index < -0.39 is 12.3 Å². The predicted molar refractivity (Wildman–Crippen MR) is 109 cm³/mol. The lowest BCUT2D eigenvalue weighted by atomic mass is 10.1. The summed E-state index contributed by atoms with van der Waals surface area (Å²) in [7, 11) is 1.25. The Morgan fingerprint density at radius 3 is 2.48 bits per heavy atom. The third-order valence-electron chi connectivity index (χ3n) is 3.84. The zero-order chi connectivity index (χ0) is 22.4. The third kappa shape index (κ3) is 6.44. The Bertz CT molecular complexity index is 1070. The Labute approximate surface area is 178 Å². The number of para-hydroxylation sites is 1. The van der Waals surface area contributed by atoms with Gasteiger partial charge in [0.2, 0.25) is 5.91 Å². The summed E-state index contributed by atoms with van der Waals surface area (Å²) in [4.78, 5) is 28.4. The average molecular weight is 451 g/mol. The van der Waals surface area contributed by atoms with Crippen LogP contribution in [0, 0.1) is 0 Å². The summed E-state index contributed by atoms with van der Waals surface area (Å²) in [6, 6.07) is 11.6. The third-order valence-corrected chi connectivity index (χ3v) is 4.65. The molecule has 0 radical (unpaired) electrons. The number of alkyl halides is 3. The lowest BCUT2D eigenvalue weighted by Crippen LogP contribution is -2.17. The van der Waals surface area contributed by atoms with E-state index in [1.54, 1.807) is 23.6 Å². The smallest absolute Gasteiger partial charge is 0.465 e. The quantitative estimate of drug-likeness (QED) is 0.504. The molecule has 0 aliphatic heterocycles. The maximum Gasteiger partial charge on any atom is 0.573 e. The SMILES string of the molecule is COC(=O)c1ccccc1NC(=O)Cc1csc(Nc2ccc(OC(F)(F)F)cc2)n1. The number of hydrogen-bond acceptors (Lipinski definition) is 7. The van der Waals surface area contributed by atoms with Crippen LogP contribution in [0.4, 0.5) is 29.7 Å². The summed E-state index contributed by atoms with van der Waals surface area (Å²) in [5, 5.41) is 7.74. The van der Waals surface area contributed by atoms with Crippen molar-refractivity contribution in [3.8, 4) is 5.75 Å². The van der Waals surface area contributed by atoms with E-state index >= 15 is 0 Å². The van der Waals surface area contributed by atoms with Crippen molar-refractivity contribution in [2.45, 2.75) is 12.8 Å². The second kappa shape index (κ2) is 9.47. The van der Waals surface area contributed by atoms with Crippen molar-refractivity contribution in [3.05, 3.63) is 65.2 Å². The number of aromatic nitrogens is 1. The van der Waals surface area contributed by atoms with Gasteiger partial charge in [-0.05, 0) is 36.4 Å². The monoisotopic (exact) mass is 451 g/mol. The van der Waals surface area contributed by atoms with Crippen molar-refractivity contribution < 1.29 is 32.2 Å². The number of nitrogens with one attached hydrogen (secondary N) is 2. The summed E-state index contributed by atoms with van der Waals surface area (Å²) in [6.45, 7) is 0. The van der Waals surface area contributed by atoms with Gasteiger partial charge >= 0.3 is 12.3 Å². The molecule has 0 aliphatic carbocycles. The number of anilines is 3. The molecule has 1 aromatic heterocycles. The fraction of sp³-hybridized carbons (Fsp3) is 0.150. The summed E-state index contributed by atoms with van der Waals surface area (Å²) in [5.41, 5.74) is 1.55. The molecule has 3 rings (SSSR count). The molecule has 0 saturated carbocycles. The van der Waals surface area contributed by atoms with Crippen molar-refractivity contribution in [2.24, 2.45) is 0 Å². The number of amides is 1. The highest BCUT2D eigenvalue weighted by Crippen LogP contribution is 2.26. The molecule has 7 nitrogen and oxygen atoms in total. The molecule has 0 bridgehead atoms. The molecule has 0 aliphatic rings. The van der Waals surface area contributed by atoms with Gasteiger partial charge in [0, 0.05) is 11.1 Å². The fourth-order valence-corrected chi connectivity index (χ4v) is 3.28. The lowest BCUT2D eigenvalue weighted by Gasteiger charge is -2.09. The van der Waals surface area contributed by atoms with Gasteiger partial charge in [-0.2, -0.15) is 0 Å². The molecule has 31 heavy (non-hydrogen) atoms. The number of carbonyl (C=O) groups excluding carboxylic acids is 2. The van der Waals surface area contributed by atoms with Gasteiger partial charge < -0.3 is 20.1 Å². The zero-order valence-corrected chi connectivity index (χ0v) is 16.8. The van der Waals surface area contributed by atoms with Crippen LogP contribution in [0.1, 0.15) is 16.1 Å². The highest BCUT2D eigenvalue weighted by Gasteiger charge is 2.30. The van der Waals surface area contributed by atoms with Crippen LogP contribution >= 0.6 is 11.3 Å². The van der Waals surface area contributed by atoms with Crippen LogP contribution in [0.5, 0.6) is 5.75 Å². The second-order valence-electron chi connectivity index (χ2n) is 6.10. The summed E-state index contributed by atoms with van der Waals surface area (Å²) < 4.78 is 45.1. The van der Waals surface area contributed by atoms with Crippen molar-refractivity contribution >= 4 is 39.7 Å². The number of nitrogens with zero attached hydrogens (tertiary/aromatic N) is 1. The lowest BCUT2D eigenvalue weighted by molar-refractivity contribution is -0.274. The van der Waals surface area contributed by atoms with E-state index in [1.807, 2.05) is 0 Å². The number of methoxy groups -OCH3 is 1. The molecule has 1 heterocycles. The molecule has 11 heteroatoms. The van der Waals surface area contributed by atoms with Crippen LogP contribution in [-0.4, -0.2) is 30.3 Å². The zero-order valence-electron chi connectivity index (χ0n) is 16.0. The molecule has 2 N–H and O–H groups in total. The Morgan fingerprint density at radius 2 is 1.81 bits per heavy atom. The van der Waals surface area contributed by atoms with E-state index in [9.17, 15) is 22.8 Å². The number of halogens is 3. The second-order valence-corrected chi connectivity index (χ2v) is 6.96. The number of thiazole rings is 1. The van der Waals surface area contributed by atoms with E-state index in [1.165, 1.54) is 48.8 Å². The minimum atomic E-state index is -4.75. The van der Waals surface area contributed by atoms with E-state index in [-0.39, 0.29) is 23.6 Å². The van der Waals surface area contributed by atoms with Crippen LogP contribution in [0.25, 0.3) is 0 Å². The number of benzene rings is 2. The van der Waals surface area contributed by atoms with Crippen molar-refractivity contribution in [2.75, 3.05) is 17.7 Å². The van der Waals surface area contributed by atoms with Crippen molar-refractivity contribution in [1.82, 2.24) is 4.98 Å². The van der Waals surface area contributed by atoms with E-state index in [4.69, 9.17) is 4.74 Å². The van der Waals surface area contributed by atoms with Gasteiger partial charge in [0.1, 0.15) is 5.75 Å². The van der Waals surface area contributed by atoms with Crippen LogP contribution in [0.15, 0.2) is 53.9 Å². The Morgan fingerprint density at radius 1 is 1.10 bits per heavy atom. The topological polar surface area (TPSA) is 89.5 Å². The highest BCUT2D eigenvalue weighted by molar-refractivity contribution is 7.13. The fourth-order valence-electron chi connectivity index (χ4n) is 2.55. The summed E-state index contributed by atoms with van der Waals surface area (Å²) in [6.07, 6.45) is -4.79. The average Bonchev–Trinajstić information content (AvgIpc) is 3.14. The van der Waals surface area contributed by atoms with Crippen LogP contribution in [0.3, 0.4) is 0 Å². The largest absolute Gasteiger partial charge is 0.573 e. The van der Waals surface area contributed by atoms with Gasteiger partial charge in [0.15, 0.2) is 5.13 Å². The molecule has 1 amide bonds. The molecule has 3 aromatic rings. The molecule has 0 unspecified atom stereocenters. The molecule has 0 atom stereocenters. The van der Waals surface area contributed by atoms with Gasteiger partial charge in [0.05, 0.1) is 30.5 Å². The predicted octanol–water partition coefficient (Wildman–Crippen LogP) is 4.75.